The summed E-state index contributed by atoms with van der Waals surface area (Å²) in [5.41, 5.74) is 1.63. The van der Waals surface area contributed by atoms with Crippen molar-refractivity contribution in [2.45, 2.75) is 13.8 Å². The number of fused-ring (bicyclic) bond motifs is 1. The number of aromatic amines is 1. The molecule has 0 saturated heterocycles. The summed E-state index contributed by atoms with van der Waals surface area (Å²) >= 11 is 0. The van der Waals surface area contributed by atoms with Crippen LogP contribution in [0, 0.1) is 6.92 Å². The lowest BCUT2D eigenvalue weighted by molar-refractivity contribution is 0.167. The summed E-state index contributed by atoms with van der Waals surface area (Å²) in [7, 11) is 1.71. The van der Waals surface area contributed by atoms with Gasteiger partial charge in [-0.05, 0) is 32.0 Å². The third kappa shape index (κ3) is 4.67. The van der Waals surface area contributed by atoms with Gasteiger partial charge in [-0.25, -0.2) is 14.5 Å². The van der Waals surface area contributed by atoms with Gasteiger partial charge in [0.2, 0.25) is 0 Å². The Bertz CT molecular complexity index is 1130. The van der Waals surface area contributed by atoms with Crippen LogP contribution in [-0.4, -0.2) is 73.8 Å². The van der Waals surface area contributed by atoms with Gasteiger partial charge in [-0.1, -0.05) is 0 Å². The molecule has 2 amide bonds. The van der Waals surface area contributed by atoms with Crippen LogP contribution in [0.15, 0.2) is 23.0 Å². The van der Waals surface area contributed by atoms with E-state index in [9.17, 15) is 9.59 Å². The number of aromatic nitrogens is 4. The van der Waals surface area contributed by atoms with Crippen molar-refractivity contribution in [3.8, 4) is 17.1 Å². The normalized spacial score (nSPS) is 11.0. The molecule has 0 aliphatic heterocycles. The molecule has 0 radical (unpaired) electrons. The second kappa shape index (κ2) is 9.58. The lowest BCUT2D eigenvalue weighted by Crippen LogP contribution is -2.38. The fourth-order valence-electron chi connectivity index (χ4n) is 3.30. The number of carbonyl (C=O) groups is 1. The first-order valence-electron chi connectivity index (χ1n) is 9.88. The number of H-pyrrole nitrogens is 1. The molecule has 1 aromatic carbocycles. The molecule has 3 aromatic rings. The molecule has 0 fully saturated rings. The van der Waals surface area contributed by atoms with Crippen LogP contribution in [0.5, 0.6) is 5.75 Å². The second-order valence-corrected chi connectivity index (χ2v) is 6.83. The number of benzene rings is 1. The van der Waals surface area contributed by atoms with Gasteiger partial charge in [0.15, 0.2) is 5.65 Å². The van der Waals surface area contributed by atoms with Gasteiger partial charge in [-0.15, -0.1) is 0 Å². The molecule has 0 bridgehead atoms. The third-order valence-corrected chi connectivity index (χ3v) is 4.68. The van der Waals surface area contributed by atoms with Gasteiger partial charge >= 0.3 is 6.03 Å². The van der Waals surface area contributed by atoms with Crippen LogP contribution in [0.3, 0.4) is 0 Å². The molecule has 0 unspecified atom stereocenters. The summed E-state index contributed by atoms with van der Waals surface area (Å²) in [6, 6.07) is 4.51. The second-order valence-electron chi connectivity index (χ2n) is 6.83. The number of nitrogens with zero attached hydrogens (tertiary/aromatic N) is 4. The van der Waals surface area contributed by atoms with Gasteiger partial charge < -0.3 is 30.2 Å². The molecule has 0 atom stereocenters. The van der Waals surface area contributed by atoms with E-state index in [2.05, 4.69) is 20.4 Å². The zero-order chi connectivity index (χ0) is 22.5. The Kier molecular flexibility index (Phi) is 6.88. The third-order valence-electron chi connectivity index (χ3n) is 4.68. The number of carbonyl (C=O) groups excluding carboxylic acids is 1. The van der Waals surface area contributed by atoms with Crippen LogP contribution in [0.25, 0.3) is 22.4 Å². The highest BCUT2D eigenvalue weighted by atomic mass is 16.5. The van der Waals surface area contributed by atoms with Crippen molar-refractivity contribution in [1.82, 2.24) is 24.6 Å². The van der Waals surface area contributed by atoms with Crippen LogP contribution in [0.2, 0.25) is 0 Å². The molecule has 2 aromatic heterocycles. The van der Waals surface area contributed by atoms with E-state index in [0.717, 1.165) is 0 Å². The van der Waals surface area contributed by atoms with E-state index in [1.165, 1.54) is 9.58 Å². The van der Waals surface area contributed by atoms with Crippen molar-refractivity contribution in [2.75, 3.05) is 38.2 Å². The Balaban J connectivity index is 2.03. The predicted octanol–water partition coefficient (Wildman–Crippen LogP) is 0.849. The first-order chi connectivity index (χ1) is 14.9. The van der Waals surface area contributed by atoms with Gasteiger partial charge in [0, 0.05) is 25.8 Å². The summed E-state index contributed by atoms with van der Waals surface area (Å²) in [6.07, 6.45) is 0. The Labute approximate surface area is 178 Å². The van der Waals surface area contributed by atoms with Gasteiger partial charge in [0.25, 0.3) is 5.56 Å². The number of ether oxygens (including phenoxy) is 1. The van der Waals surface area contributed by atoms with Crippen LogP contribution in [-0.2, 0) is 7.05 Å². The molecule has 166 valence electrons. The predicted molar refractivity (Wildman–Crippen MR) is 115 cm³/mol. The SMILES string of the molecule is CCOc1ccc(NC(=O)N(CCO)CCO)cc1-c1nc2c(c(C)nn2C)c(=O)[nH]1. The van der Waals surface area contributed by atoms with E-state index >= 15 is 0 Å². The molecule has 0 spiro atoms. The highest BCUT2D eigenvalue weighted by molar-refractivity contribution is 5.90. The topological polar surface area (TPSA) is 146 Å². The largest absolute Gasteiger partial charge is 0.493 e. The van der Waals surface area contributed by atoms with Gasteiger partial charge in [-0.2, -0.15) is 5.10 Å². The van der Waals surface area contributed by atoms with E-state index in [-0.39, 0.29) is 37.7 Å². The molecule has 4 N–H and O–H groups in total. The maximum absolute atomic E-state index is 12.7. The molecule has 0 saturated carbocycles. The number of amides is 2. The van der Waals surface area contributed by atoms with Crippen LogP contribution in [0.1, 0.15) is 12.6 Å². The molecule has 3 rings (SSSR count). The molecule has 2 heterocycles. The lowest BCUT2D eigenvalue weighted by atomic mass is 10.1. The van der Waals surface area contributed by atoms with E-state index < -0.39 is 6.03 Å². The fourth-order valence-corrected chi connectivity index (χ4v) is 3.30. The Morgan fingerprint density at radius 3 is 2.65 bits per heavy atom. The number of nitrogens with one attached hydrogen (secondary N) is 2. The van der Waals surface area contributed by atoms with Crippen molar-refractivity contribution in [2.24, 2.45) is 7.05 Å². The molecule has 11 heteroatoms. The van der Waals surface area contributed by atoms with Crippen LogP contribution in [0.4, 0.5) is 10.5 Å². The van der Waals surface area contributed by atoms with Crippen molar-refractivity contribution < 1.29 is 19.7 Å². The van der Waals surface area contributed by atoms with E-state index in [1.807, 2.05) is 6.92 Å². The first-order valence-corrected chi connectivity index (χ1v) is 9.88. The number of anilines is 1. The summed E-state index contributed by atoms with van der Waals surface area (Å²) in [4.78, 5) is 33.8. The number of aliphatic hydroxyl groups excluding tert-OH is 2. The standard InChI is InChI=1S/C20H26N6O5/c1-4-31-15-6-5-13(21-20(30)26(7-9-27)8-10-28)11-14(15)17-22-18-16(19(29)23-17)12(2)24-25(18)3/h5-6,11,27-28H,4,7-10H2,1-3H3,(H,21,30)(H,22,23,29). The van der Waals surface area contributed by atoms with Crippen molar-refractivity contribution >= 4 is 22.8 Å². The number of aliphatic hydroxyl groups is 2. The maximum atomic E-state index is 12.7. The number of aryl methyl sites for hydroxylation is 2. The van der Waals surface area contributed by atoms with E-state index in [4.69, 9.17) is 14.9 Å². The number of urea groups is 1. The number of hydrogen-bond acceptors (Lipinski definition) is 7. The summed E-state index contributed by atoms with van der Waals surface area (Å²) < 4.78 is 7.23. The first kappa shape index (κ1) is 22.2. The minimum atomic E-state index is -0.475. The zero-order valence-electron chi connectivity index (χ0n) is 17.7. The number of hydrogen-bond donors (Lipinski definition) is 4. The zero-order valence-corrected chi connectivity index (χ0v) is 17.7. The highest BCUT2D eigenvalue weighted by Crippen LogP contribution is 2.31. The minimum absolute atomic E-state index is 0.0850. The molecule has 31 heavy (non-hydrogen) atoms. The molecular weight excluding hydrogens is 404 g/mol. The summed E-state index contributed by atoms with van der Waals surface area (Å²) in [5.74, 6) is 0.770. The van der Waals surface area contributed by atoms with E-state index in [0.29, 0.717) is 40.3 Å². The van der Waals surface area contributed by atoms with Crippen molar-refractivity contribution in [3.05, 3.63) is 34.2 Å². The maximum Gasteiger partial charge on any atom is 0.321 e. The fraction of sp³-hybridized carbons (Fsp3) is 0.400. The van der Waals surface area contributed by atoms with Gasteiger partial charge in [0.05, 0.1) is 31.1 Å². The number of rotatable bonds is 8. The quantitative estimate of drug-likeness (QED) is 0.414. The van der Waals surface area contributed by atoms with E-state index in [1.54, 1.807) is 32.2 Å². The van der Waals surface area contributed by atoms with Crippen LogP contribution < -0.4 is 15.6 Å². The lowest BCUT2D eigenvalue weighted by Gasteiger charge is -2.21. The van der Waals surface area contributed by atoms with Gasteiger partial charge in [0.1, 0.15) is 17.0 Å². The summed E-state index contributed by atoms with van der Waals surface area (Å²) in [6.45, 7) is 3.70. The van der Waals surface area contributed by atoms with Gasteiger partial charge in [-0.3, -0.25) is 4.79 Å². The van der Waals surface area contributed by atoms with Crippen LogP contribution >= 0.6 is 0 Å². The monoisotopic (exact) mass is 430 g/mol. The highest BCUT2D eigenvalue weighted by Gasteiger charge is 2.18. The minimum Gasteiger partial charge on any atom is -0.493 e. The van der Waals surface area contributed by atoms with Crippen molar-refractivity contribution in [3.63, 3.8) is 0 Å². The summed E-state index contributed by atoms with van der Waals surface area (Å²) in [5, 5.41) is 25.7. The molecule has 0 aliphatic rings. The molecular formula is C20H26N6O5. The molecule has 11 nitrogen and oxygen atoms in total. The average Bonchev–Trinajstić information content (AvgIpc) is 3.03. The Morgan fingerprint density at radius 2 is 2.00 bits per heavy atom. The Hall–Kier alpha value is -3.44. The van der Waals surface area contributed by atoms with Crippen molar-refractivity contribution in [1.29, 1.82) is 0 Å². The Morgan fingerprint density at radius 1 is 1.29 bits per heavy atom. The average molecular weight is 430 g/mol. The molecule has 0 aliphatic carbocycles. The smallest absolute Gasteiger partial charge is 0.321 e.